The predicted octanol–water partition coefficient (Wildman–Crippen LogP) is 2.95. The summed E-state index contributed by atoms with van der Waals surface area (Å²) in [4.78, 5) is 53.0. The molecule has 0 aromatic heterocycles. The van der Waals surface area contributed by atoms with Crippen LogP contribution in [0, 0.1) is 0 Å². The smallest absolute Gasteiger partial charge is 0.247 e. The van der Waals surface area contributed by atoms with Crippen LogP contribution in [-0.2, 0) is 31.3 Å². The lowest BCUT2D eigenvalue weighted by Crippen LogP contribution is -2.55. The molecule has 0 saturated carbocycles. The van der Waals surface area contributed by atoms with Crippen molar-refractivity contribution in [1.82, 2.24) is 16.0 Å². The fourth-order valence-corrected chi connectivity index (χ4v) is 5.07. The second-order valence-electron chi connectivity index (χ2n) is 11.0. The molecule has 10 nitrogen and oxygen atoms in total. The number of carbonyl (C=O) groups excluding carboxylic acids is 4. The first-order chi connectivity index (χ1) is 22.1. The number of anilines is 1. The van der Waals surface area contributed by atoms with Crippen LogP contribution in [0.4, 0.5) is 5.69 Å². The lowest BCUT2D eigenvalue weighted by Gasteiger charge is -2.37. The molecule has 7 N–H and O–H groups in total. The van der Waals surface area contributed by atoms with Crippen LogP contribution >= 0.6 is 0 Å². The number of amides is 4. The van der Waals surface area contributed by atoms with E-state index < -0.39 is 53.7 Å². The summed E-state index contributed by atoms with van der Waals surface area (Å²) >= 11 is 0. The van der Waals surface area contributed by atoms with Crippen molar-refractivity contribution in [2.24, 2.45) is 5.73 Å². The molecule has 4 aromatic rings. The summed E-state index contributed by atoms with van der Waals surface area (Å²) in [6, 6.07) is 31.8. The Morgan fingerprint density at radius 3 is 1.59 bits per heavy atom. The molecule has 4 amide bonds. The number of hydrogen-bond donors (Lipinski definition) is 6. The Hall–Kier alpha value is -5.32. The molecule has 0 aliphatic carbocycles. The maximum absolute atomic E-state index is 14.1. The summed E-state index contributed by atoms with van der Waals surface area (Å²) in [5.74, 6) is -2.36. The quantitative estimate of drug-likeness (QED) is 0.126. The molecular formula is C36H39N5O5. The van der Waals surface area contributed by atoms with Crippen LogP contribution in [-0.4, -0.2) is 46.9 Å². The van der Waals surface area contributed by atoms with Crippen LogP contribution in [0.1, 0.15) is 42.5 Å². The first-order valence-corrected chi connectivity index (χ1v) is 15.0. The van der Waals surface area contributed by atoms with E-state index in [1.807, 2.05) is 91.0 Å². The fraction of sp³-hybridized carbons (Fsp3) is 0.222. The van der Waals surface area contributed by atoms with Crippen molar-refractivity contribution in [3.8, 4) is 0 Å². The molecule has 0 spiro atoms. The van der Waals surface area contributed by atoms with Gasteiger partial charge in [0.1, 0.15) is 17.6 Å². The average Bonchev–Trinajstić information content (AvgIpc) is 3.08. The number of nitrogens with one attached hydrogen (secondary N) is 4. The standard InChI is InChI=1S/C36H39N5O5/c1-24(37)33(44)38-25(2)34(45)40-31(35(46)39-30-20-18-26(23-42)19-21-30)22-32(43)41-36(27-12-6-3-7-13-27,28-14-8-4-9-15-28)29-16-10-5-11-17-29/h3-21,24-25,31,42H,22-23,37H2,1-2H3,(H,38,44)(H,39,46)(H,40,45)(H,41,43)/t24?,25?,31-/m0/s1. The summed E-state index contributed by atoms with van der Waals surface area (Å²) in [6.45, 7) is 2.79. The van der Waals surface area contributed by atoms with Gasteiger partial charge in [-0.2, -0.15) is 0 Å². The number of benzene rings is 4. The van der Waals surface area contributed by atoms with Gasteiger partial charge in [-0.3, -0.25) is 19.2 Å². The third kappa shape index (κ3) is 8.23. The maximum Gasteiger partial charge on any atom is 0.247 e. The van der Waals surface area contributed by atoms with Gasteiger partial charge in [0, 0.05) is 5.69 Å². The number of aliphatic hydroxyl groups excluding tert-OH is 1. The Balaban J connectivity index is 1.68. The molecule has 4 aromatic carbocycles. The van der Waals surface area contributed by atoms with Crippen molar-refractivity contribution < 1.29 is 24.3 Å². The van der Waals surface area contributed by atoms with E-state index in [0.717, 1.165) is 16.7 Å². The number of nitrogens with two attached hydrogens (primary N) is 1. The van der Waals surface area contributed by atoms with Crippen LogP contribution in [0.3, 0.4) is 0 Å². The normalized spacial score (nSPS) is 13.0. The van der Waals surface area contributed by atoms with Gasteiger partial charge in [0.05, 0.1) is 19.1 Å². The Morgan fingerprint density at radius 1 is 0.674 bits per heavy atom. The molecule has 10 heteroatoms. The molecule has 4 rings (SSSR count). The van der Waals surface area contributed by atoms with Gasteiger partial charge in [-0.1, -0.05) is 103 Å². The van der Waals surface area contributed by atoms with E-state index in [1.165, 1.54) is 13.8 Å². The summed E-state index contributed by atoms with van der Waals surface area (Å²) < 4.78 is 0. The minimum absolute atomic E-state index is 0.163. The van der Waals surface area contributed by atoms with Gasteiger partial charge >= 0.3 is 0 Å². The molecule has 46 heavy (non-hydrogen) atoms. The zero-order valence-corrected chi connectivity index (χ0v) is 25.8. The van der Waals surface area contributed by atoms with Gasteiger partial charge in [0.15, 0.2) is 0 Å². The largest absolute Gasteiger partial charge is 0.392 e. The lowest BCUT2D eigenvalue weighted by atomic mass is 9.77. The van der Waals surface area contributed by atoms with Crippen molar-refractivity contribution in [3.63, 3.8) is 0 Å². The van der Waals surface area contributed by atoms with Crippen molar-refractivity contribution in [2.75, 3.05) is 5.32 Å². The van der Waals surface area contributed by atoms with Gasteiger partial charge in [-0.25, -0.2) is 0 Å². The Morgan fingerprint density at radius 2 is 1.15 bits per heavy atom. The van der Waals surface area contributed by atoms with Crippen molar-refractivity contribution in [3.05, 3.63) is 138 Å². The van der Waals surface area contributed by atoms with E-state index in [-0.39, 0.29) is 6.61 Å². The highest BCUT2D eigenvalue weighted by molar-refractivity contribution is 6.01. The van der Waals surface area contributed by atoms with E-state index in [0.29, 0.717) is 11.3 Å². The second-order valence-corrected chi connectivity index (χ2v) is 11.0. The molecule has 0 fully saturated rings. The van der Waals surface area contributed by atoms with E-state index in [2.05, 4.69) is 21.3 Å². The van der Waals surface area contributed by atoms with E-state index in [9.17, 15) is 24.3 Å². The summed E-state index contributed by atoms with van der Waals surface area (Å²) in [7, 11) is 0. The summed E-state index contributed by atoms with van der Waals surface area (Å²) in [6.07, 6.45) is -0.422. The van der Waals surface area contributed by atoms with Crippen molar-refractivity contribution in [2.45, 2.75) is 50.5 Å². The first kappa shape index (κ1) is 33.6. The van der Waals surface area contributed by atoms with Crippen LogP contribution in [0.5, 0.6) is 0 Å². The van der Waals surface area contributed by atoms with Crippen LogP contribution in [0.15, 0.2) is 115 Å². The van der Waals surface area contributed by atoms with Gasteiger partial charge in [0.25, 0.3) is 0 Å². The fourth-order valence-electron chi connectivity index (χ4n) is 5.07. The molecule has 2 unspecified atom stereocenters. The average molecular weight is 622 g/mol. The number of aliphatic hydroxyl groups is 1. The molecule has 0 saturated heterocycles. The highest BCUT2D eigenvalue weighted by Crippen LogP contribution is 2.37. The SMILES string of the molecule is CC(N)C(=O)NC(C)C(=O)N[C@@H](CC(=O)NC(c1ccccc1)(c1ccccc1)c1ccccc1)C(=O)Nc1ccc(CO)cc1. The number of hydrogen-bond acceptors (Lipinski definition) is 6. The van der Waals surface area contributed by atoms with Gasteiger partial charge in [0.2, 0.25) is 23.6 Å². The van der Waals surface area contributed by atoms with Gasteiger partial charge in [-0.05, 0) is 48.2 Å². The van der Waals surface area contributed by atoms with E-state index in [4.69, 9.17) is 5.73 Å². The van der Waals surface area contributed by atoms with Crippen LogP contribution in [0.2, 0.25) is 0 Å². The maximum atomic E-state index is 14.1. The van der Waals surface area contributed by atoms with Crippen molar-refractivity contribution in [1.29, 1.82) is 0 Å². The molecule has 238 valence electrons. The first-order valence-electron chi connectivity index (χ1n) is 15.0. The molecule has 0 radical (unpaired) electrons. The monoisotopic (exact) mass is 621 g/mol. The molecule has 0 bridgehead atoms. The van der Waals surface area contributed by atoms with E-state index in [1.54, 1.807) is 24.3 Å². The number of rotatable bonds is 13. The zero-order valence-electron chi connectivity index (χ0n) is 25.8. The third-order valence-corrected chi connectivity index (χ3v) is 7.54. The topological polar surface area (TPSA) is 163 Å². The Kier molecular flexibility index (Phi) is 11.4. The van der Waals surface area contributed by atoms with Gasteiger partial charge < -0.3 is 32.1 Å². The van der Waals surface area contributed by atoms with Gasteiger partial charge in [-0.15, -0.1) is 0 Å². The lowest BCUT2D eigenvalue weighted by molar-refractivity contribution is -0.132. The second kappa shape index (κ2) is 15.6. The molecule has 0 heterocycles. The third-order valence-electron chi connectivity index (χ3n) is 7.54. The highest BCUT2D eigenvalue weighted by atomic mass is 16.3. The van der Waals surface area contributed by atoms with Crippen LogP contribution < -0.4 is 27.0 Å². The minimum Gasteiger partial charge on any atom is -0.392 e. The zero-order chi connectivity index (χ0) is 33.1. The number of carbonyl (C=O) groups is 4. The Bertz CT molecular complexity index is 1520. The molecule has 0 aliphatic rings. The molecular weight excluding hydrogens is 582 g/mol. The summed E-state index contributed by atoms with van der Waals surface area (Å²) in [5.41, 5.74) is 7.94. The van der Waals surface area contributed by atoms with E-state index >= 15 is 0 Å². The highest BCUT2D eigenvalue weighted by Gasteiger charge is 2.39. The molecule has 0 aliphatic heterocycles. The minimum atomic E-state index is -1.32. The molecule has 3 atom stereocenters. The van der Waals surface area contributed by atoms with Crippen LogP contribution in [0.25, 0.3) is 0 Å². The summed E-state index contributed by atoms with van der Waals surface area (Å²) in [5, 5.41) is 20.5. The Labute approximate surface area is 268 Å². The predicted molar refractivity (Wildman–Crippen MR) is 176 cm³/mol. The van der Waals surface area contributed by atoms with Crippen molar-refractivity contribution >= 4 is 29.3 Å².